The van der Waals surface area contributed by atoms with Gasteiger partial charge in [0.1, 0.15) is 0 Å². The zero-order chi connectivity index (χ0) is 12.8. The van der Waals surface area contributed by atoms with Crippen LogP contribution in [0, 0.1) is 6.92 Å². The average molecular weight is 247 g/mol. The van der Waals surface area contributed by atoms with E-state index in [0.717, 1.165) is 38.4 Å². The van der Waals surface area contributed by atoms with Gasteiger partial charge < -0.3 is 15.5 Å². The summed E-state index contributed by atoms with van der Waals surface area (Å²) in [4.78, 5) is 14.1. The van der Waals surface area contributed by atoms with Gasteiger partial charge in [-0.1, -0.05) is 17.7 Å². The first-order valence-electron chi connectivity index (χ1n) is 6.53. The van der Waals surface area contributed by atoms with Crippen molar-refractivity contribution < 1.29 is 4.79 Å². The van der Waals surface area contributed by atoms with Crippen molar-refractivity contribution in [2.75, 3.05) is 38.0 Å². The summed E-state index contributed by atoms with van der Waals surface area (Å²) in [6.45, 7) is 7.02. The standard InChI is InChI=1S/C14H21N3O/c1-12-2-4-13(5-3-12)16-14(18)6-9-17-10-7-15-8-11-17/h2-5,15H,6-11H2,1H3,(H,16,18). The SMILES string of the molecule is Cc1ccc(NC(=O)CCN2CCNCC2)cc1. The van der Waals surface area contributed by atoms with Gasteiger partial charge in [-0.15, -0.1) is 0 Å². The molecule has 0 aliphatic carbocycles. The normalized spacial score (nSPS) is 16.5. The smallest absolute Gasteiger partial charge is 0.225 e. The third kappa shape index (κ3) is 4.13. The molecule has 2 N–H and O–H groups in total. The van der Waals surface area contributed by atoms with E-state index in [9.17, 15) is 4.79 Å². The first kappa shape index (κ1) is 13.1. The van der Waals surface area contributed by atoms with Crippen LogP contribution in [0.25, 0.3) is 0 Å². The van der Waals surface area contributed by atoms with E-state index < -0.39 is 0 Å². The van der Waals surface area contributed by atoms with Crippen LogP contribution in [0.3, 0.4) is 0 Å². The summed E-state index contributed by atoms with van der Waals surface area (Å²) in [6, 6.07) is 7.90. The number of amides is 1. The molecule has 1 aromatic rings. The quantitative estimate of drug-likeness (QED) is 0.841. The van der Waals surface area contributed by atoms with Gasteiger partial charge in [0.15, 0.2) is 0 Å². The number of benzene rings is 1. The van der Waals surface area contributed by atoms with Crippen molar-refractivity contribution in [2.45, 2.75) is 13.3 Å². The number of carbonyl (C=O) groups excluding carboxylic acids is 1. The number of hydrogen-bond acceptors (Lipinski definition) is 3. The van der Waals surface area contributed by atoms with Gasteiger partial charge in [0.2, 0.25) is 5.91 Å². The molecule has 98 valence electrons. The number of rotatable bonds is 4. The molecular weight excluding hydrogens is 226 g/mol. The van der Waals surface area contributed by atoms with Crippen molar-refractivity contribution in [3.05, 3.63) is 29.8 Å². The van der Waals surface area contributed by atoms with Crippen LogP contribution in [0.2, 0.25) is 0 Å². The van der Waals surface area contributed by atoms with Crippen LogP contribution in [0.15, 0.2) is 24.3 Å². The Balaban J connectivity index is 1.73. The Hall–Kier alpha value is -1.39. The van der Waals surface area contributed by atoms with Crippen molar-refractivity contribution >= 4 is 11.6 Å². The Labute approximate surface area is 108 Å². The topological polar surface area (TPSA) is 44.4 Å². The van der Waals surface area contributed by atoms with E-state index in [1.807, 2.05) is 31.2 Å². The molecule has 0 bridgehead atoms. The van der Waals surface area contributed by atoms with E-state index >= 15 is 0 Å². The predicted octanol–water partition coefficient (Wildman–Crippen LogP) is 1.23. The fourth-order valence-electron chi connectivity index (χ4n) is 2.05. The largest absolute Gasteiger partial charge is 0.326 e. The zero-order valence-electron chi connectivity index (χ0n) is 10.9. The lowest BCUT2D eigenvalue weighted by Crippen LogP contribution is -2.44. The third-order valence-corrected chi connectivity index (χ3v) is 3.20. The van der Waals surface area contributed by atoms with Gasteiger partial charge in [-0.2, -0.15) is 0 Å². The van der Waals surface area contributed by atoms with Crippen LogP contribution in [0.1, 0.15) is 12.0 Å². The highest BCUT2D eigenvalue weighted by atomic mass is 16.1. The Morgan fingerprint density at radius 2 is 1.94 bits per heavy atom. The first-order chi connectivity index (χ1) is 8.74. The van der Waals surface area contributed by atoms with Crippen LogP contribution >= 0.6 is 0 Å². The van der Waals surface area contributed by atoms with Crippen LogP contribution in [0.5, 0.6) is 0 Å². The number of aryl methyl sites for hydroxylation is 1. The molecule has 0 spiro atoms. The van der Waals surface area contributed by atoms with Crippen molar-refractivity contribution in [2.24, 2.45) is 0 Å². The Morgan fingerprint density at radius 1 is 1.28 bits per heavy atom. The number of nitrogens with one attached hydrogen (secondary N) is 2. The van der Waals surface area contributed by atoms with Crippen LogP contribution in [-0.4, -0.2) is 43.5 Å². The molecule has 1 fully saturated rings. The molecule has 4 nitrogen and oxygen atoms in total. The minimum absolute atomic E-state index is 0.0948. The second kappa shape index (κ2) is 6.52. The van der Waals surface area contributed by atoms with E-state index in [1.165, 1.54) is 5.56 Å². The highest BCUT2D eigenvalue weighted by molar-refractivity contribution is 5.90. The maximum absolute atomic E-state index is 11.8. The lowest BCUT2D eigenvalue weighted by Gasteiger charge is -2.26. The van der Waals surface area contributed by atoms with E-state index in [4.69, 9.17) is 0 Å². The molecule has 1 aliphatic rings. The van der Waals surface area contributed by atoms with Gasteiger partial charge in [0, 0.05) is 44.8 Å². The van der Waals surface area contributed by atoms with Crippen molar-refractivity contribution in [3.8, 4) is 0 Å². The molecule has 2 rings (SSSR count). The lowest BCUT2D eigenvalue weighted by atomic mass is 10.2. The Bertz CT molecular complexity index is 383. The molecule has 0 unspecified atom stereocenters. The van der Waals surface area contributed by atoms with E-state index in [1.54, 1.807) is 0 Å². The summed E-state index contributed by atoms with van der Waals surface area (Å²) in [7, 11) is 0. The van der Waals surface area contributed by atoms with E-state index in [0.29, 0.717) is 6.42 Å². The molecule has 0 radical (unpaired) electrons. The molecule has 0 aromatic heterocycles. The number of anilines is 1. The minimum atomic E-state index is 0.0948. The summed E-state index contributed by atoms with van der Waals surface area (Å²) in [5.74, 6) is 0.0948. The van der Waals surface area contributed by atoms with Crippen molar-refractivity contribution in [1.82, 2.24) is 10.2 Å². The van der Waals surface area contributed by atoms with Crippen molar-refractivity contribution in [3.63, 3.8) is 0 Å². The maximum atomic E-state index is 11.8. The minimum Gasteiger partial charge on any atom is -0.326 e. The number of hydrogen-bond donors (Lipinski definition) is 2. The summed E-state index contributed by atoms with van der Waals surface area (Å²) in [5, 5.41) is 6.23. The molecule has 1 heterocycles. The second-order valence-electron chi connectivity index (χ2n) is 4.76. The maximum Gasteiger partial charge on any atom is 0.225 e. The fraction of sp³-hybridized carbons (Fsp3) is 0.500. The van der Waals surface area contributed by atoms with Gasteiger partial charge in [-0.05, 0) is 19.1 Å². The number of nitrogens with zero attached hydrogens (tertiary/aromatic N) is 1. The van der Waals surface area contributed by atoms with Gasteiger partial charge in [0.25, 0.3) is 0 Å². The Kier molecular flexibility index (Phi) is 4.73. The molecule has 1 amide bonds. The molecule has 0 saturated carbocycles. The molecular formula is C14H21N3O. The third-order valence-electron chi connectivity index (χ3n) is 3.20. The van der Waals surface area contributed by atoms with Crippen LogP contribution in [-0.2, 0) is 4.79 Å². The monoisotopic (exact) mass is 247 g/mol. The molecule has 1 aromatic carbocycles. The van der Waals surface area contributed by atoms with E-state index in [-0.39, 0.29) is 5.91 Å². The summed E-state index contributed by atoms with van der Waals surface area (Å²) in [6.07, 6.45) is 0.563. The van der Waals surface area contributed by atoms with Gasteiger partial charge in [-0.3, -0.25) is 4.79 Å². The summed E-state index contributed by atoms with van der Waals surface area (Å²) >= 11 is 0. The van der Waals surface area contributed by atoms with Crippen LogP contribution < -0.4 is 10.6 Å². The average Bonchev–Trinajstić information content (AvgIpc) is 2.40. The van der Waals surface area contributed by atoms with Gasteiger partial charge >= 0.3 is 0 Å². The zero-order valence-corrected chi connectivity index (χ0v) is 10.9. The predicted molar refractivity (Wildman–Crippen MR) is 73.7 cm³/mol. The Morgan fingerprint density at radius 3 is 2.61 bits per heavy atom. The number of carbonyl (C=O) groups is 1. The van der Waals surface area contributed by atoms with Gasteiger partial charge in [0.05, 0.1) is 0 Å². The fourth-order valence-corrected chi connectivity index (χ4v) is 2.05. The van der Waals surface area contributed by atoms with Crippen LogP contribution in [0.4, 0.5) is 5.69 Å². The van der Waals surface area contributed by atoms with Crippen molar-refractivity contribution in [1.29, 1.82) is 0 Å². The molecule has 18 heavy (non-hydrogen) atoms. The molecule has 0 atom stereocenters. The molecule has 4 heteroatoms. The summed E-state index contributed by atoms with van der Waals surface area (Å²) in [5.41, 5.74) is 2.08. The molecule has 1 saturated heterocycles. The van der Waals surface area contributed by atoms with E-state index in [2.05, 4.69) is 15.5 Å². The first-order valence-corrected chi connectivity index (χ1v) is 6.53. The van der Waals surface area contributed by atoms with Gasteiger partial charge in [-0.25, -0.2) is 0 Å². The summed E-state index contributed by atoms with van der Waals surface area (Å²) < 4.78 is 0. The number of piperazine rings is 1. The second-order valence-corrected chi connectivity index (χ2v) is 4.76. The highest BCUT2D eigenvalue weighted by Crippen LogP contribution is 2.09. The molecule has 1 aliphatic heterocycles. The highest BCUT2D eigenvalue weighted by Gasteiger charge is 2.11. The lowest BCUT2D eigenvalue weighted by molar-refractivity contribution is -0.116.